The van der Waals surface area contributed by atoms with Gasteiger partial charge in [0.25, 0.3) is 0 Å². The average Bonchev–Trinajstić information content (AvgIpc) is 3.12. The van der Waals surface area contributed by atoms with Gasteiger partial charge < -0.3 is 9.84 Å². The third-order valence-electron chi connectivity index (χ3n) is 5.95. The number of benzene rings is 2. The van der Waals surface area contributed by atoms with Crippen LogP contribution in [-0.4, -0.2) is 15.9 Å². The van der Waals surface area contributed by atoms with Gasteiger partial charge in [-0.25, -0.2) is 0 Å². The van der Waals surface area contributed by atoms with E-state index in [4.69, 9.17) is 16.3 Å². The first kappa shape index (κ1) is 19.3. The molecule has 2 aliphatic rings. The first-order chi connectivity index (χ1) is 14.4. The van der Waals surface area contributed by atoms with Crippen LogP contribution in [0.4, 0.5) is 0 Å². The highest BCUT2D eigenvalue weighted by Gasteiger charge is 2.77. The van der Waals surface area contributed by atoms with Gasteiger partial charge in [-0.15, -0.1) is 0 Å². The van der Waals surface area contributed by atoms with Crippen LogP contribution in [0.3, 0.4) is 0 Å². The number of carbonyl (C=O) groups excluding carboxylic acids is 1. The molecule has 7 heteroatoms. The lowest BCUT2D eigenvalue weighted by molar-refractivity contribution is -0.152. The Hall–Kier alpha value is -2.72. The molecule has 4 unspecified atom stereocenters. The van der Waals surface area contributed by atoms with Crippen LogP contribution in [0, 0.1) is 17.2 Å². The zero-order chi connectivity index (χ0) is 21.1. The van der Waals surface area contributed by atoms with Gasteiger partial charge in [0.1, 0.15) is 17.4 Å². The van der Waals surface area contributed by atoms with Crippen molar-refractivity contribution in [1.29, 1.82) is 5.26 Å². The van der Waals surface area contributed by atoms with Crippen molar-refractivity contribution in [2.24, 2.45) is 5.92 Å². The van der Waals surface area contributed by atoms with Gasteiger partial charge in [0.2, 0.25) is 5.60 Å². The number of nitrogens with zero attached hydrogens (tertiary/aromatic N) is 2. The van der Waals surface area contributed by atoms with Crippen molar-refractivity contribution in [3.8, 4) is 11.8 Å². The van der Waals surface area contributed by atoms with Crippen LogP contribution in [0.15, 0.2) is 71.3 Å². The van der Waals surface area contributed by atoms with Crippen LogP contribution in [-0.2, 0) is 16.0 Å². The molecule has 1 fully saturated rings. The molecule has 4 atom stereocenters. The number of aliphatic hydroxyl groups is 1. The first-order valence-electron chi connectivity index (χ1n) is 9.26. The lowest BCUT2D eigenvalue weighted by atomic mass is 9.72. The molecule has 5 rings (SSSR count). The Morgan fingerprint density at radius 3 is 2.53 bits per heavy atom. The molecule has 1 aromatic heterocycles. The highest BCUT2D eigenvalue weighted by atomic mass is 79.9. The minimum Gasteiger partial charge on any atom is -0.476 e. The van der Waals surface area contributed by atoms with Crippen molar-refractivity contribution < 1.29 is 14.6 Å². The predicted molar refractivity (Wildman–Crippen MR) is 113 cm³/mol. The molecule has 2 heterocycles. The molecule has 5 nitrogen and oxygen atoms in total. The number of nitriles is 1. The van der Waals surface area contributed by atoms with Crippen LogP contribution >= 0.6 is 27.5 Å². The number of carbonyl (C=O) groups is 1. The van der Waals surface area contributed by atoms with E-state index in [2.05, 4.69) is 27.0 Å². The Bertz CT molecular complexity index is 1210. The van der Waals surface area contributed by atoms with Crippen LogP contribution in [0.2, 0.25) is 5.02 Å². The maximum Gasteiger partial charge on any atom is 0.215 e. The number of Topliss-reactive ketones (excluding diaryl/α,β-unsaturated/α-hetero) is 1. The zero-order valence-corrected chi connectivity index (χ0v) is 17.8. The van der Waals surface area contributed by atoms with Crippen LogP contribution < -0.4 is 4.74 Å². The smallest absolute Gasteiger partial charge is 0.215 e. The predicted octanol–water partition coefficient (Wildman–Crippen LogP) is 4.48. The second-order valence-corrected chi connectivity index (χ2v) is 8.77. The molecule has 0 radical (unpaired) electrons. The number of hydrogen-bond donors (Lipinski definition) is 1. The molecule has 1 aliphatic carbocycles. The van der Waals surface area contributed by atoms with E-state index in [1.54, 1.807) is 12.1 Å². The lowest BCUT2D eigenvalue weighted by Crippen LogP contribution is -2.51. The number of pyridine rings is 1. The zero-order valence-electron chi connectivity index (χ0n) is 15.4. The molecule has 0 bridgehead atoms. The molecule has 1 N–H and O–H groups in total. The minimum absolute atomic E-state index is 0.0819. The summed E-state index contributed by atoms with van der Waals surface area (Å²) >= 11 is 9.54. The van der Waals surface area contributed by atoms with Gasteiger partial charge >= 0.3 is 0 Å². The number of rotatable bonds is 2. The molecule has 148 valence electrons. The van der Waals surface area contributed by atoms with E-state index in [9.17, 15) is 15.2 Å². The van der Waals surface area contributed by atoms with E-state index in [1.165, 1.54) is 12.3 Å². The summed E-state index contributed by atoms with van der Waals surface area (Å²) < 4.78 is 7.25. The van der Waals surface area contributed by atoms with E-state index in [-0.39, 0.29) is 11.4 Å². The SMILES string of the molecule is N#CC1C(=O)C2(O)c3ncc(Cl)cc3OC2(c2ccc(Br)cc2)C1c1ccccc1. The molecular weight excluding hydrogens is 468 g/mol. The topological polar surface area (TPSA) is 83.2 Å². The number of hydrogen-bond acceptors (Lipinski definition) is 5. The quantitative estimate of drug-likeness (QED) is 0.583. The Morgan fingerprint density at radius 1 is 1.17 bits per heavy atom. The Labute approximate surface area is 186 Å². The summed E-state index contributed by atoms with van der Waals surface area (Å²) in [7, 11) is 0. The van der Waals surface area contributed by atoms with Crippen molar-refractivity contribution in [3.05, 3.63) is 93.2 Å². The normalized spacial score (nSPS) is 29.1. The molecule has 2 aromatic carbocycles. The fourth-order valence-corrected chi connectivity index (χ4v) is 5.17. The Kier molecular flexibility index (Phi) is 4.26. The standard InChI is InChI=1S/C23H14BrClN2O3/c24-15-8-6-14(7-9-15)23-19(13-4-2-1-3-5-13)17(11-26)21(28)22(23,29)20-18(30-23)10-16(25)12-27-20/h1-10,12,17,19,29H. The first-order valence-corrected chi connectivity index (χ1v) is 10.4. The van der Waals surface area contributed by atoms with E-state index in [0.29, 0.717) is 10.6 Å². The highest BCUT2D eigenvalue weighted by Crippen LogP contribution is 2.66. The third-order valence-corrected chi connectivity index (χ3v) is 6.69. The monoisotopic (exact) mass is 480 g/mol. The Balaban J connectivity index is 1.87. The number of halogens is 2. The second kappa shape index (κ2) is 6.64. The fraction of sp³-hybridized carbons (Fsp3) is 0.174. The number of ketones is 1. The van der Waals surface area contributed by atoms with E-state index >= 15 is 0 Å². The second-order valence-electron chi connectivity index (χ2n) is 7.41. The van der Waals surface area contributed by atoms with Crippen LogP contribution in [0.25, 0.3) is 0 Å². The van der Waals surface area contributed by atoms with Crippen molar-refractivity contribution in [1.82, 2.24) is 4.98 Å². The van der Waals surface area contributed by atoms with Gasteiger partial charge in [0.05, 0.1) is 17.0 Å². The molecule has 0 saturated heterocycles. The minimum atomic E-state index is -2.14. The average molecular weight is 482 g/mol. The largest absolute Gasteiger partial charge is 0.476 e. The molecule has 1 saturated carbocycles. The summed E-state index contributed by atoms with van der Waals surface area (Å²) in [6, 6.07) is 20.0. The summed E-state index contributed by atoms with van der Waals surface area (Å²) in [5, 5.41) is 22.3. The molecular formula is C23H14BrClN2O3. The lowest BCUT2D eigenvalue weighted by Gasteiger charge is -2.38. The third kappa shape index (κ3) is 2.31. The number of aromatic nitrogens is 1. The summed E-state index contributed by atoms with van der Waals surface area (Å²) in [6.07, 6.45) is 1.36. The number of ether oxygens (including phenoxy) is 1. The number of fused-ring (bicyclic) bond motifs is 3. The molecule has 0 amide bonds. The van der Waals surface area contributed by atoms with Crippen molar-refractivity contribution in [3.63, 3.8) is 0 Å². The van der Waals surface area contributed by atoms with Crippen LogP contribution in [0.1, 0.15) is 22.7 Å². The van der Waals surface area contributed by atoms with Gasteiger partial charge in [-0.2, -0.15) is 5.26 Å². The van der Waals surface area contributed by atoms with E-state index in [1.807, 2.05) is 42.5 Å². The Morgan fingerprint density at radius 2 is 1.87 bits per heavy atom. The maximum atomic E-state index is 13.6. The molecule has 0 spiro atoms. The van der Waals surface area contributed by atoms with E-state index in [0.717, 1.165) is 10.0 Å². The summed E-state index contributed by atoms with van der Waals surface area (Å²) in [5.41, 5.74) is -2.33. The van der Waals surface area contributed by atoms with Crippen molar-refractivity contribution in [2.75, 3.05) is 0 Å². The van der Waals surface area contributed by atoms with Crippen LogP contribution in [0.5, 0.6) is 5.75 Å². The molecule has 30 heavy (non-hydrogen) atoms. The van der Waals surface area contributed by atoms with Gasteiger partial charge in [0.15, 0.2) is 11.4 Å². The van der Waals surface area contributed by atoms with Gasteiger partial charge in [-0.3, -0.25) is 9.78 Å². The van der Waals surface area contributed by atoms with Crippen molar-refractivity contribution >= 4 is 33.3 Å². The van der Waals surface area contributed by atoms with Gasteiger partial charge in [-0.1, -0.05) is 70.0 Å². The summed E-state index contributed by atoms with van der Waals surface area (Å²) in [5.74, 6) is -2.27. The van der Waals surface area contributed by atoms with Crippen molar-refractivity contribution in [2.45, 2.75) is 17.1 Å². The highest BCUT2D eigenvalue weighted by molar-refractivity contribution is 9.10. The maximum absolute atomic E-state index is 13.6. The van der Waals surface area contributed by atoms with Gasteiger partial charge in [0, 0.05) is 16.7 Å². The molecule has 3 aromatic rings. The summed E-state index contributed by atoms with van der Waals surface area (Å²) in [4.78, 5) is 17.8. The summed E-state index contributed by atoms with van der Waals surface area (Å²) in [6.45, 7) is 0. The van der Waals surface area contributed by atoms with Gasteiger partial charge in [-0.05, 0) is 23.3 Å². The fourth-order valence-electron chi connectivity index (χ4n) is 4.76. The van der Waals surface area contributed by atoms with E-state index < -0.39 is 28.8 Å². The molecule has 1 aliphatic heterocycles.